The summed E-state index contributed by atoms with van der Waals surface area (Å²) in [4.78, 5) is 0. The van der Waals surface area contributed by atoms with Crippen LogP contribution < -0.4 is 0 Å². The van der Waals surface area contributed by atoms with Crippen molar-refractivity contribution in [3.8, 4) is 0 Å². The van der Waals surface area contributed by atoms with E-state index in [2.05, 4.69) is 13.6 Å². The summed E-state index contributed by atoms with van der Waals surface area (Å²) >= 11 is 4.46. The van der Waals surface area contributed by atoms with E-state index in [0.29, 0.717) is 0 Å². The van der Waals surface area contributed by atoms with Gasteiger partial charge in [-0.15, -0.1) is 0 Å². The van der Waals surface area contributed by atoms with Crippen LogP contribution in [-0.4, -0.2) is 0 Å². The predicted octanol–water partition coefficient (Wildman–Crippen LogP) is -0.0100. The zero-order valence-corrected chi connectivity index (χ0v) is 7.50. The van der Waals surface area contributed by atoms with Gasteiger partial charge in [-0.1, -0.05) is 0 Å². The van der Waals surface area contributed by atoms with Crippen LogP contribution >= 0.6 is 0 Å². The van der Waals surface area contributed by atoms with Gasteiger partial charge in [0.25, 0.3) is 0 Å². The molecule has 0 N–H and O–H groups in total. The van der Waals surface area contributed by atoms with Crippen LogP contribution in [0.3, 0.4) is 0 Å². The van der Waals surface area contributed by atoms with Gasteiger partial charge in [0.15, 0.2) is 0 Å². The Morgan fingerprint density at radius 3 is 1.25 bits per heavy atom. The molecule has 0 nitrogen and oxygen atoms in total. The van der Waals surface area contributed by atoms with Crippen molar-refractivity contribution in [3.05, 3.63) is 0 Å². The summed E-state index contributed by atoms with van der Waals surface area (Å²) in [6, 6.07) is 0. The Labute approximate surface area is 66.1 Å². The van der Waals surface area contributed by atoms with E-state index in [0.717, 1.165) is 0 Å². The second-order valence-corrected chi connectivity index (χ2v) is 0. The number of hydrogen-bond donors (Lipinski definition) is 0. The van der Waals surface area contributed by atoms with Gasteiger partial charge in [0, 0.05) is 35.6 Å². The Kier molecular flexibility index (Phi) is 74.7. The molecule has 0 aliphatic heterocycles. The molecular weight excluding hydrogens is 254 g/mol. The Hall–Kier alpha value is 2.32. The van der Waals surface area contributed by atoms with Crippen molar-refractivity contribution in [3.63, 3.8) is 0 Å². The number of rotatable bonds is 0. The Morgan fingerprint density at radius 2 is 1.25 bits per heavy atom. The monoisotopic (exact) mass is 256 g/mol. The molecule has 0 saturated carbocycles. The Balaban J connectivity index is -0.00000000500. The molecule has 4 heteroatoms. The van der Waals surface area contributed by atoms with Crippen LogP contribution in [0.4, 0.5) is 0 Å². The largest absolute Gasteiger partial charge is 0 e. The molecule has 0 aliphatic rings. The smallest absolute Gasteiger partial charge is 0 e. The maximum absolute atomic E-state index is 2.64. The third-order valence-electron chi connectivity index (χ3n) is 0. The SMILES string of the molecule is [Cr][Mo].[Mn].[V]. The summed E-state index contributed by atoms with van der Waals surface area (Å²) in [6.07, 6.45) is 0. The van der Waals surface area contributed by atoms with Gasteiger partial charge in [0.1, 0.15) is 0 Å². The van der Waals surface area contributed by atoms with Gasteiger partial charge in [-0.2, -0.15) is 0 Å². The van der Waals surface area contributed by atoms with E-state index in [1.54, 1.807) is 0 Å². The second kappa shape index (κ2) is 18.4. The van der Waals surface area contributed by atoms with Crippen molar-refractivity contribution in [2.75, 3.05) is 0 Å². The maximum atomic E-state index is 2.64. The predicted molar refractivity (Wildman–Crippen MR) is 0 cm³/mol. The van der Waals surface area contributed by atoms with Gasteiger partial charge < -0.3 is 0 Å². The van der Waals surface area contributed by atoms with Crippen molar-refractivity contribution >= 4 is 0 Å². The van der Waals surface area contributed by atoms with Crippen molar-refractivity contribution in [1.29, 1.82) is 0 Å². The van der Waals surface area contributed by atoms with Gasteiger partial charge in [0.05, 0.1) is 0 Å². The Bertz CT molecular complexity index is 8.00. The van der Waals surface area contributed by atoms with E-state index in [4.69, 9.17) is 0 Å². The third kappa shape index (κ3) is 8.85. The van der Waals surface area contributed by atoms with Crippen molar-refractivity contribution in [2.24, 2.45) is 0 Å². The maximum Gasteiger partial charge on any atom is 0 e. The quantitative estimate of drug-likeness (QED) is 0.533. The van der Waals surface area contributed by atoms with Crippen molar-refractivity contribution in [1.82, 2.24) is 0 Å². The molecule has 0 saturated heterocycles. The molecule has 0 unspecified atom stereocenters. The minimum Gasteiger partial charge on any atom is 0 e. The van der Waals surface area contributed by atoms with Gasteiger partial charge in [0.2, 0.25) is 0 Å². The topological polar surface area (TPSA) is 0 Å². The molecule has 0 fully saturated rings. The molecule has 0 aromatic heterocycles. The van der Waals surface area contributed by atoms with Crippen LogP contribution in [0.5, 0.6) is 0 Å². The van der Waals surface area contributed by atoms with Crippen LogP contribution in [0.25, 0.3) is 0 Å². The first-order chi connectivity index (χ1) is 1.00. The zero-order valence-electron chi connectivity index (χ0n) is 1.64. The first-order valence-electron chi connectivity index (χ1n) is 0.167. The average Bonchev–Trinajstić information content (AvgIpc) is 1.00. The third-order valence-corrected chi connectivity index (χ3v) is 0. The molecule has 0 bridgehead atoms. The molecule has 0 spiro atoms. The van der Waals surface area contributed by atoms with E-state index in [-0.39, 0.29) is 35.6 Å². The van der Waals surface area contributed by atoms with Gasteiger partial charge in [-0.3, -0.25) is 0 Å². The Morgan fingerprint density at radius 1 is 1.25 bits per heavy atom. The minimum atomic E-state index is 0. The number of hydrogen-bond acceptors (Lipinski definition) is 0. The van der Waals surface area contributed by atoms with Crippen LogP contribution in [-0.2, 0) is 66.9 Å². The van der Waals surface area contributed by atoms with Crippen molar-refractivity contribution < 1.29 is 66.9 Å². The molecule has 2 radical (unpaired) electrons. The van der Waals surface area contributed by atoms with Crippen LogP contribution in [0.2, 0.25) is 0 Å². The molecule has 24 valence electrons. The summed E-state index contributed by atoms with van der Waals surface area (Å²) in [6.45, 7) is 0. The van der Waals surface area contributed by atoms with E-state index >= 15 is 0 Å². The molecule has 4 heavy (non-hydrogen) atoms. The molecule has 0 aromatic carbocycles. The fourth-order valence-corrected chi connectivity index (χ4v) is 0. The normalized spacial score (nSPS) is 1.00. The molecule has 0 aromatic rings. The molecule has 0 heterocycles. The van der Waals surface area contributed by atoms with E-state index in [1.807, 2.05) is 17.7 Å². The first kappa shape index (κ1) is 16.2. The van der Waals surface area contributed by atoms with Gasteiger partial charge >= 0.3 is 31.3 Å². The second-order valence-electron chi connectivity index (χ2n) is 0. The summed E-state index contributed by atoms with van der Waals surface area (Å²) in [5.41, 5.74) is 0. The van der Waals surface area contributed by atoms with Crippen LogP contribution in [0.1, 0.15) is 0 Å². The van der Waals surface area contributed by atoms with Gasteiger partial charge in [-0.25, -0.2) is 0 Å². The van der Waals surface area contributed by atoms with Gasteiger partial charge in [-0.05, 0) is 0 Å². The first-order valence-corrected chi connectivity index (χ1v) is 4.07. The van der Waals surface area contributed by atoms with E-state index in [9.17, 15) is 0 Å². The van der Waals surface area contributed by atoms with E-state index < -0.39 is 0 Å². The summed E-state index contributed by atoms with van der Waals surface area (Å²) < 4.78 is 0. The standard InChI is InChI=1S/Cr.Mn.Mo.V. The summed E-state index contributed by atoms with van der Waals surface area (Å²) in [7, 11) is 0. The zero-order chi connectivity index (χ0) is 2.00. The van der Waals surface area contributed by atoms with Crippen molar-refractivity contribution in [2.45, 2.75) is 0 Å². The summed E-state index contributed by atoms with van der Waals surface area (Å²) in [5, 5.41) is 0. The average molecular weight is 254 g/mol. The fourth-order valence-electron chi connectivity index (χ4n) is 0. The summed E-state index contributed by atoms with van der Waals surface area (Å²) in [5.74, 6) is 0. The minimum absolute atomic E-state index is 0. The van der Waals surface area contributed by atoms with Crippen LogP contribution in [0, 0.1) is 0 Å². The van der Waals surface area contributed by atoms with Crippen LogP contribution in [0.15, 0.2) is 0 Å². The molecule has 0 aliphatic carbocycles. The fraction of sp³-hybridized carbons (Fsp3) is 0. The van der Waals surface area contributed by atoms with E-state index in [1.165, 1.54) is 0 Å². The molecule has 0 rings (SSSR count). The molecule has 0 amide bonds. The molecule has 0 atom stereocenters. The molecular formula is CrMnMoV.